The minimum absolute atomic E-state index is 0.0284. The number of hydrogen-bond donors (Lipinski definition) is 4. The quantitative estimate of drug-likeness (QED) is 0.630. The molecule has 2 aromatic heterocycles. The lowest BCUT2D eigenvalue weighted by atomic mass is 10.3. The SMILES string of the molecule is CCCCNc1nc(NC(=O)O)nc2c(C(F)(F)F)n[nH]c12. The monoisotopic (exact) mass is 318 g/mol. The summed E-state index contributed by atoms with van der Waals surface area (Å²) in [4.78, 5) is 18.1. The van der Waals surface area contributed by atoms with E-state index in [4.69, 9.17) is 5.11 Å². The van der Waals surface area contributed by atoms with Gasteiger partial charge in [-0.2, -0.15) is 23.3 Å². The second-order valence-electron chi connectivity index (χ2n) is 4.40. The number of carbonyl (C=O) groups is 1. The number of rotatable bonds is 5. The summed E-state index contributed by atoms with van der Waals surface area (Å²) < 4.78 is 38.7. The van der Waals surface area contributed by atoms with Gasteiger partial charge in [0.15, 0.2) is 11.5 Å². The maximum atomic E-state index is 12.9. The first-order valence-corrected chi connectivity index (χ1v) is 6.40. The molecule has 0 fully saturated rings. The minimum atomic E-state index is -4.71. The largest absolute Gasteiger partial charge is 0.465 e. The molecule has 4 N–H and O–H groups in total. The van der Waals surface area contributed by atoms with Gasteiger partial charge in [0.05, 0.1) is 0 Å². The van der Waals surface area contributed by atoms with Crippen LogP contribution in [0.15, 0.2) is 0 Å². The Morgan fingerprint density at radius 2 is 2.09 bits per heavy atom. The number of alkyl halides is 3. The molecule has 0 aromatic carbocycles. The van der Waals surface area contributed by atoms with Crippen LogP contribution >= 0.6 is 0 Å². The van der Waals surface area contributed by atoms with Crippen molar-refractivity contribution < 1.29 is 23.1 Å². The van der Waals surface area contributed by atoms with E-state index in [0.717, 1.165) is 12.8 Å². The predicted octanol–water partition coefficient (Wildman–Crippen LogP) is 2.67. The second-order valence-corrected chi connectivity index (χ2v) is 4.40. The van der Waals surface area contributed by atoms with Gasteiger partial charge in [0.1, 0.15) is 11.0 Å². The van der Waals surface area contributed by atoms with Crippen molar-refractivity contribution in [2.45, 2.75) is 25.9 Å². The van der Waals surface area contributed by atoms with Crippen molar-refractivity contribution in [2.75, 3.05) is 17.2 Å². The summed E-state index contributed by atoms with van der Waals surface area (Å²) in [5.41, 5.74) is -1.75. The first-order chi connectivity index (χ1) is 10.3. The maximum Gasteiger partial charge on any atom is 0.437 e. The Morgan fingerprint density at radius 1 is 1.36 bits per heavy atom. The third-order valence-electron chi connectivity index (χ3n) is 2.72. The summed E-state index contributed by atoms with van der Waals surface area (Å²) in [5, 5.41) is 18.8. The fourth-order valence-corrected chi connectivity index (χ4v) is 1.76. The van der Waals surface area contributed by atoms with Crippen molar-refractivity contribution in [1.29, 1.82) is 0 Å². The number of nitrogens with zero attached hydrogens (tertiary/aromatic N) is 3. The molecule has 0 aliphatic carbocycles. The zero-order valence-corrected chi connectivity index (χ0v) is 11.5. The van der Waals surface area contributed by atoms with Crippen molar-refractivity contribution in [3.63, 3.8) is 0 Å². The van der Waals surface area contributed by atoms with Gasteiger partial charge in [-0.15, -0.1) is 0 Å². The number of halogens is 3. The molecule has 11 heteroatoms. The Kier molecular flexibility index (Phi) is 4.33. The topological polar surface area (TPSA) is 116 Å². The van der Waals surface area contributed by atoms with E-state index in [1.54, 1.807) is 0 Å². The van der Waals surface area contributed by atoms with Crippen LogP contribution in [0.3, 0.4) is 0 Å². The third-order valence-corrected chi connectivity index (χ3v) is 2.72. The number of nitrogens with one attached hydrogen (secondary N) is 3. The molecule has 0 saturated heterocycles. The highest BCUT2D eigenvalue weighted by molar-refractivity contribution is 5.90. The summed E-state index contributed by atoms with van der Waals surface area (Å²) in [7, 11) is 0. The van der Waals surface area contributed by atoms with Crippen LogP contribution in [-0.2, 0) is 6.18 Å². The molecule has 0 radical (unpaired) electrons. The van der Waals surface area contributed by atoms with E-state index in [0.29, 0.717) is 6.54 Å². The van der Waals surface area contributed by atoms with Crippen molar-refractivity contribution in [3.05, 3.63) is 5.69 Å². The van der Waals surface area contributed by atoms with Gasteiger partial charge in [-0.1, -0.05) is 13.3 Å². The van der Waals surface area contributed by atoms with Gasteiger partial charge >= 0.3 is 12.3 Å². The Balaban J connectivity index is 2.51. The third kappa shape index (κ3) is 3.35. The number of aromatic amines is 1. The molecule has 2 rings (SSSR count). The van der Waals surface area contributed by atoms with E-state index >= 15 is 0 Å². The average Bonchev–Trinajstić information content (AvgIpc) is 2.81. The van der Waals surface area contributed by atoms with Crippen LogP contribution in [0.25, 0.3) is 11.0 Å². The van der Waals surface area contributed by atoms with Crippen LogP contribution in [-0.4, -0.2) is 37.9 Å². The summed E-state index contributed by atoms with van der Waals surface area (Å²) in [5.74, 6) is -0.393. The highest BCUT2D eigenvalue weighted by Gasteiger charge is 2.37. The standard InChI is InChI=1S/C11H13F3N6O2/c1-2-3-4-15-8-6-5(7(20-19-6)11(12,13)14)16-9(17-8)18-10(21)22/h2-4H2,1H3,(H,19,20)(H,21,22)(H2,15,16,17,18). The van der Waals surface area contributed by atoms with Gasteiger partial charge in [-0.3, -0.25) is 10.4 Å². The molecule has 2 aromatic rings. The van der Waals surface area contributed by atoms with Crippen LogP contribution in [0.4, 0.5) is 29.7 Å². The van der Waals surface area contributed by atoms with Crippen molar-refractivity contribution >= 4 is 28.9 Å². The maximum absolute atomic E-state index is 12.9. The van der Waals surface area contributed by atoms with E-state index in [-0.39, 0.29) is 11.3 Å². The fourth-order valence-electron chi connectivity index (χ4n) is 1.76. The molecule has 8 nitrogen and oxygen atoms in total. The molecule has 0 aliphatic rings. The zero-order chi connectivity index (χ0) is 16.3. The summed E-state index contributed by atoms with van der Waals surface area (Å²) in [6, 6.07) is 0. The van der Waals surface area contributed by atoms with Crippen molar-refractivity contribution in [1.82, 2.24) is 20.2 Å². The number of fused-ring (bicyclic) bond motifs is 1. The number of hydrogen-bond acceptors (Lipinski definition) is 5. The summed E-state index contributed by atoms with van der Waals surface area (Å²) in [6.07, 6.45) is -4.55. The Morgan fingerprint density at radius 3 is 2.68 bits per heavy atom. The summed E-state index contributed by atoms with van der Waals surface area (Å²) in [6.45, 7) is 2.42. The first-order valence-electron chi connectivity index (χ1n) is 6.40. The molecule has 1 amide bonds. The molecular weight excluding hydrogens is 305 g/mol. The molecule has 0 unspecified atom stereocenters. The number of carboxylic acid groups (broad SMARTS) is 1. The van der Waals surface area contributed by atoms with Gasteiger partial charge in [-0.05, 0) is 6.42 Å². The number of unbranched alkanes of at least 4 members (excludes halogenated alkanes) is 1. The summed E-state index contributed by atoms with van der Waals surface area (Å²) >= 11 is 0. The van der Waals surface area contributed by atoms with Gasteiger partial charge in [0, 0.05) is 6.54 Å². The molecule has 0 saturated carbocycles. The second kappa shape index (κ2) is 6.03. The minimum Gasteiger partial charge on any atom is -0.465 e. The normalized spacial score (nSPS) is 11.6. The van der Waals surface area contributed by atoms with Crippen molar-refractivity contribution in [3.8, 4) is 0 Å². The van der Waals surface area contributed by atoms with E-state index in [2.05, 4.69) is 25.5 Å². The van der Waals surface area contributed by atoms with E-state index in [1.807, 2.05) is 12.2 Å². The fraction of sp³-hybridized carbons (Fsp3) is 0.455. The van der Waals surface area contributed by atoms with Crippen LogP contribution in [0.2, 0.25) is 0 Å². The molecule has 0 spiro atoms. The Hall–Kier alpha value is -2.59. The molecule has 0 aliphatic heterocycles. The first kappa shape index (κ1) is 15.8. The van der Waals surface area contributed by atoms with E-state index in [1.165, 1.54) is 0 Å². The van der Waals surface area contributed by atoms with Crippen LogP contribution < -0.4 is 10.6 Å². The lowest BCUT2D eigenvalue weighted by Crippen LogP contribution is -2.13. The number of anilines is 2. The molecule has 120 valence electrons. The molecule has 0 bridgehead atoms. The number of aromatic nitrogens is 4. The predicted molar refractivity (Wildman–Crippen MR) is 71.7 cm³/mol. The van der Waals surface area contributed by atoms with Crippen LogP contribution in [0.5, 0.6) is 0 Å². The molecular formula is C11H13F3N6O2. The van der Waals surface area contributed by atoms with E-state index < -0.39 is 29.4 Å². The van der Waals surface area contributed by atoms with Gasteiger partial charge < -0.3 is 10.4 Å². The zero-order valence-electron chi connectivity index (χ0n) is 11.5. The number of amides is 1. The van der Waals surface area contributed by atoms with Crippen LogP contribution in [0.1, 0.15) is 25.5 Å². The Bertz CT molecular complexity index is 684. The van der Waals surface area contributed by atoms with Crippen molar-refractivity contribution in [2.24, 2.45) is 0 Å². The highest BCUT2D eigenvalue weighted by atomic mass is 19.4. The van der Waals surface area contributed by atoms with Crippen LogP contribution in [0, 0.1) is 0 Å². The molecule has 0 atom stereocenters. The molecule has 22 heavy (non-hydrogen) atoms. The average molecular weight is 318 g/mol. The lowest BCUT2D eigenvalue weighted by molar-refractivity contribution is -0.140. The highest BCUT2D eigenvalue weighted by Crippen LogP contribution is 2.34. The lowest BCUT2D eigenvalue weighted by Gasteiger charge is -2.08. The smallest absolute Gasteiger partial charge is 0.437 e. The Labute approximate surface area is 122 Å². The molecule has 2 heterocycles. The number of H-pyrrole nitrogens is 1. The van der Waals surface area contributed by atoms with Gasteiger partial charge in [-0.25, -0.2) is 9.78 Å². The van der Waals surface area contributed by atoms with Gasteiger partial charge in [0.25, 0.3) is 0 Å². The van der Waals surface area contributed by atoms with Gasteiger partial charge in [0.2, 0.25) is 5.95 Å². The van der Waals surface area contributed by atoms with E-state index in [9.17, 15) is 18.0 Å².